The van der Waals surface area contributed by atoms with Gasteiger partial charge in [0.2, 0.25) is 5.88 Å². The number of nitrogens with one attached hydrogen (secondary N) is 1. The molecule has 2 rings (SSSR count). The van der Waals surface area contributed by atoms with Crippen LogP contribution in [0.15, 0.2) is 30.5 Å². The molecule has 3 nitrogen and oxygen atoms in total. The second-order valence-corrected chi connectivity index (χ2v) is 4.81. The first-order valence-electron chi connectivity index (χ1n) is 6.39. The SMILES string of the molecule is CCNCc1cc(Oc2ccc(F)cc2C)ncc1Cl. The second-order valence-electron chi connectivity index (χ2n) is 4.41. The minimum absolute atomic E-state index is 0.285. The van der Waals surface area contributed by atoms with Crippen LogP contribution in [-0.4, -0.2) is 11.5 Å². The molecule has 2 aromatic rings. The predicted octanol–water partition coefficient (Wildman–Crippen LogP) is 4.08. The van der Waals surface area contributed by atoms with Gasteiger partial charge in [0, 0.05) is 18.8 Å². The Labute approximate surface area is 122 Å². The summed E-state index contributed by atoms with van der Waals surface area (Å²) in [5.41, 5.74) is 1.63. The predicted molar refractivity (Wildman–Crippen MR) is 77.8 cm³/mol. The highest BCUT2D eigenvalue weighted by Crippen LogP contribution is 2.26. The van der Waals surface area contributed by atoms with Crippen molar-refractivity contribution in [1.29, 1.82) is 0 Å². The maximum absolute atomic E-state index is 13.0. The van der Waals surface area contributed by atoms with Gasteiger partial charge >= 0.3 is 0 Å². The van der Waals surface area contributed by atoms with E-state index in [1.54, 1.807) is 25.3 Å². The van der Waals surface area contributed by atoms with Gasteiger partial charge in [-0.05, 0) is 42.8 Å². The molecule has 20 heavy (non-hydrogen) atoms. The fraction of sp³-hybridized carbons (Fsp3) is 0.267. The molecule has 106 valence electrons. The summed E-state index contributed by atoms with van der Waals surface area (Å²) in [6, 6.07) is 6.15. The quantitative estimate of drug-likeness (QED) is 0.902. The third-order valence-electron chi connectivity index (χ3n) is 2.83. The maximum Gasteiger partial charge on any atom is 0.219 e. The van der Waals surface area contributed by atoms with E-state index in [0.29, 0.717) is 23.2 Å². The zero-order chi connectivity index (χ0) is 14.5. The third-order valence-corrected chi connectivity index (χ3v) is 3.17. The highest BCUT2D eigenvalue weighted by molar-refractivity contribution is 6.31. The van der Waals surface area contributed by atoms with Crippen LogP contribution in [0.2, 0.25) is 5.02 Å². The summed E-state index contributed by atoms with van der Waals surface area (Å²) < 4.78 is 18.7. The Morgan fingerprint density at radius 3 is 2.85 bits per heavy atom. The Balaban J connectivity index is 2.20. The van der Waals surface area contributed by atoms with E-state index in [-0.39, 0.29) is 5.82 Å². The molecule has 0 bridgehead atoms. The van der Waals surface area contributed by atoms with Crippen LogP contribution in [0.25, 0.3) is 0 Å². The normalized spacial score (nSPS) is 10.6. The number of aryl methyl sites for hydroxylation is 1. The van der Waals surface area contributed by atoms with Crippen molar-refractivity contribution in [2.75, 3.05) is 6.54 Å². The average Bonchev–Trinajstić information content (AvgIpc) is 2.42. The summed E-state index contributed by atoms with van der Waals surface area (Å²) in [4.78, 5) is 4.13. The van der Waals surface area contributed by atoms with E-state index in [2.05, 4.69) is 10.3 Å². The lowest BCUT2D eigenvalue weighted by Gasteiger charge is -2.10. The minimum Gasteiger partial charge on any atom is -0.439 e. The zero-order valence-electron chi connectivity index (χ0n) is 11.4. The number of pyridine rings is 1. The smallest absolute Gasteiger partial charge is 0.219 e. The van der Waals surface area contributed by atoms with Gasteiger partial charge in [-0.2, -0.15) is 0 Å². The highest BCUT2D eigenvalue weighted by atomic mass is 35.5. The first-order chi connectivity index (χ1) is 9.60. The van der Waals surface area contributed by atoms with Crippen molar-refractivity contribution in [3.63, 3.8) is 0 Å². The van der Waals surface area contributed by atoms with Gasteiger partial charge in [-0.1, -0.05) is 18.5 Å². The van der Waals surface area contributed by atoms with Crippen molar-refractivity contribution in [2.24, 2.45) is 0 Å². The zero-order valence-corrected chi connectivity index (χ0v) is 12.2. The van der Waals surface area contributed by atoms with Crippen molar-refractivity contribution in [3.8, 4) is 11.6 Å². The Kier molecular flexibility index (Phi) is 4.93. The third kappa shape index (κ3) is 3.68. The van der Waals surface area contributed by atoms with E-state index in [9.17, 15) is 4.39 Å². The number of hydrogen-bond acceptors (Lipinski definition) is 3. The summed E-state index contributed by atoms with van der Waals surface area (Å²) in [5.74, 6) is 0.736. The van der Waals surface area contributed by atoms with Crippen molar-refractivity contribution < 1.29 is 9.13 Å². The molecule has 0 amide bonds. The molecule has 1 N–H and O–H groups in total. The number of benzene rings is 1. The number of ether oxygens (including phenoxy) is 1. The fourth-order valence-electron chi connectivity index (χ4n) is 1.75. The van der Waals surface area contributed by atoms with Gasteiger partial charge in [-0.25, -0.2) is 9.37 Å². The number of nitrogens with zero attached hydrogens (tertiary/aromatic N) is 1. The molecular weight excluding hydrogens is 279 g/mol. The van der Waals surface area contributed by atoms with Crippen LogP contribution in [0, 0.1) is 12.7 Å². The summed E-state index contributed by atoms with van der Waals surface area (Å²) >= 11 is 6.08. The topological polar surface area (TPSA) is 34.1 Å². The van der Waals surface area contributed by atoms with Crippen molar-refractivity contribution >= 4 is 11.6 Å². The molecule has 1 aromatic carbocycles. The minimum atomic E-state index is -0.285. The molecule has 0 atom stereocenters. The van der Waals surface area contributed by atoms with Gasteiger partial charge in [0.15, 0.2) is 0 Å². The molecule has 0 saturated heterocycles. The number of rotatable bonds is 5. The molecule has 0 radical (unpaired) electrons. The van der Waals surface area contributed by atoms with Gasteiger partial charge in [0.25, 0.3) is 0 Å². The molecular formula is C15H16ClFN2O. The van der Waals surface area contributed by atoms with Gasteiger partial charge < -0.3 is 10.1 Å². The van der Waals surface area contributed by atoms with E-state index in [4.69, 9.17) is 16.3 Å². The van der Waals surface area contributed by atoms with Crippen molar-refractivity contribution in [2.45, 2.75) is 20.4 Å². The van der Waals surface area contributed by atoms with Crippen LogP contribution in [0.1, 0.15) is 18.1 Å². The van der Waals surface area contributed by atoms with E-state index >= 15 is 0 Å². The van der Waals surface area contributed by atoms with E-state index in [1.165, 1.54) is 12.1 Å². The van der Waals surface area contributed by atoms with Gasteiger partial charge in [0.05, 0.1) is 5.02 Å². The Hall–Kier alpha value is -1.65. The van der Waals surface area contributed by atoms with Crippen LogP contribution in [0.5, 0.6) is 11.6 Å². The van der Waals surface area contributed by atoms with Gasteiger partial charge in [0.1, 0.15) is 11.6 Å². The standard InChI is InChI=1S/C15H16ClFN2O/c1-3-18-8-11-7-15(19-9-13(11)16)20-14-5-4-12(17)6-10(14)2/h4-7,9,18H,3,8H2,1-2H3. The molecule has 0 aliphatic rings. The van der Waals surface area contributed by atoms with E-state index in [1.807, 2.05) is 6.92 Å². The average molecular weight is 295 g/mol. The molecule has 5 heteroatoms. The van der Waals surface area contributed by atoms with Crippen LogP contribution in [-0.2, 0) is 6.54 Å². The Morgan fingerprint density at radius 2 is 2.15 bits per heavy atom. The molecule has 0 aliphatic carbocycles. The lowest BCUT2D eigenvalue weighted by Crippen LogP contribution is -2.12. The number of aromatic nitrogens is 1. The summed E-state index contributed by atoms with van der Waals surface area (Å²) in [5, 5.41) is 3.79. The molecule has 0 unspecified atom stereocenters. The van der Waals surface area contributed by atoms with Crippen molar-refractivity contribution in [1.82, 2.24) is 10.3 Å². The first kappa shape index (κ1) is 14.8. The Bertz CT molecular complexity index is 604. The maximum atomic E-state index is 13.0. The first-order valence-corrected chi connectivity index (χ1v) is 6.77. The summed E-state index contributed by atoms with van der Waals surface area (Å²) in [6.07, 6.45) is 1.56. The highest BCUT2D eigenvalue weighted by Gasteiger charge is 2.07. The van der Waals surface area contributed by atoms with E-state index in [0.717, 1.165) is 17.7 Å². The van der Waals surface area contributed by atoms with E-state index < -0.39 is 0 Å². The Morgan fingerprint density at radius 1 is 1.35 bits per heavy atom. The van der Waals surface area contributed by atoms with Crippen molar-refractivity contribution in [3.05, 3.63) is 52.4 Å². The summed E-state index contributed by atoms with van der Waals surface area (Å²) in [7, 11) is 0. The molecule has 0 aliphatic heterocycles. The number of halogens is 2. The van der Waals surface area contributed by atoms with Crippen LogP contribution in [0.4, 0.5) is 4.39 Å². The van der Waals surface area contributed by atoms with Crippen LogP contribution in [0.3, 0.4) is 0 Å². The molecule has 1 aromatic heterocycles. The van der Waals surface area contributed by atoms with Gasteiger partial charge in [-0.15, -0.1) is 0 Å². The monoisotopic (exact) mass is 294 g/mol. The largest absolute Gasteiger partial charge is 0.439 e. The van der Waals surface area contributed by atoms with Crippen LogP contribution >= 0.6 is 11.6 Å². The number of hydrogen-bond donors (Lipinski definition) is 1. The van der Waals surface area contributed by atoms with Crippen LogP contribution < -0.4 is 10.1 Å². The fourth-order valence-corrected chi connectivity index (χ4v) is 1.92. The second kappa shape index (κ2) is 6.68. The molecule has 0 fully saturated rings. The summed E-state index contributed by atoms with van der Waals surface area (Å²) in [6.45, 7) is 5.31. The molecule has 1 heterocycles. The molecule has 0 spiro atoms. The lowest BCUT2D eigenvalue weighted by molar-refractivity contribution is 0.456. The lowest BCUT2D eigenvalue weighted by atomic mass is 10.2. The van der Waals surface area contributed by atoms with Gasteiger partial charge in [-0.3, -0.25) is 0 Å². The molecule has 0 saturated carbocycles.